The van der Waals surface area contributed by atoms with E-state index in [2.05, 4.69) is 5.32 Å². The van der Waals surface area contributed by atoms with Gasteiger partial charge in [-0.05, 0) is 42.8 Å². The summed E-state index contributed by atoms with van der Waals surface area (Å²) in [5.41, 5.74) is 3.07. The van der Waals surface area contributed by atoms with Crippen molar-refractivity contribution in [3.05, 3.63) is 83.4 Å². The maximum atomic E-state index is 13.1. The van der Waals surface area contributed by atoms with Crippen LogP contribution in [0.5, 0.6) is 17.2 Å². The zero-order chi connectivity index (χ0) is 24.8. The molecule has 1 aliphatic heterocycles. The lowest BCUT2D eigenvalue weighted by atomic mass is 10.1. The zero-order valence-electron chi connectivity index (χ0n) is 19.9. The molecule has 0 saturated carbocycles. The fraction of sp³-hybridized carbons (Fsp3) is 0.259. The normalized spacial score (nSPS) is 14.9. The number of benzene rings is 3. The van der Waals surface area contributed by atoms with Crippen molar-refractivity contribution in [3.8, 4) is 17.2 Å². The number of anilines is 1. The van der Waals surface area contributed by atoms with Gasteiger partial charge in [0.2, 0.25) is 0 Å². The average molecular weight is 477 g/mol. The van der Waals surface area contributed by atoms with Gasteiger partial charge in [-0.1, -0.05) is 30.3 Å². The largest absolute Gasteiger partial charge is 0.497 e. The first-order valence-electron chi connectivity index (χ1n) is 11.2. The molecule has 8 nitrogen and oxygen atoms in total. The van der Waals surface area contributed by atoms with E-state index in [0.29, 0.717) is 36.0 Å². The molecule has 1 heterocycles. The lowest BCUT2D eigenvalue weighted by Gasteiger charge is -2.23. The highest BCUT2D eigenvalue weighted by atomic mass is 16.5. The first-order chi connectivity index (χ1) is 17.0. The number of nitrogens with one attached hydrogen (secondary N) is 1. The minimum Gasteiger partial charge on any atom is -0.497 e. The molecule has 182 valence electrons. The highest BCUT2D eigenvalue weighted by Gasteiger charge is 2.29. The predicted octanol–water partition coefficient (Wildman–Crippen LogP) is 4.76. The summed E-state index contributed by atoms with van der Waals surface area (Å²) < 4.78 is 22.0. The van der Waals surface area contributed by atoms with Crippen LogP contribution in [0, 0.1) is 0 Å². The van der Waals surface area contributed by atoms with E-state index in [1.807, 2.05) is 42.5 Å². The van der Waals surface area contributed by atoms with E-state index in [1.165, 1.54) is 0 Å². The van der Waals surface area contributed by atoms with Crippen LogP contribution >= 0.6 is 0 Å². The summed E-state index contributed by atoms with van der Waals surface area (Å²) in [5, 5.41) is 2.75. The van der Waals surface area contributed by atoms with Crippen LogP contribution in [0.1, 0.15) is 23.6 Å². The second-order valence-electron chi connectivity index (χ2n) is 8.14. The number of rotatable bonds is 7. The molecular weight excluding hydrogens is 448 g/mol. The fourth-order valence-electron chi connectivity index (χ4n) is 3.88. The van der Waals surface area contributed by atoms with Crippen LogP contribution in [0.25, 0.3) is 0 Å². The monoisotopic (exact) mass is 476 g/mol. The van der Waals surface area contributed by atoms with Gasteiger partial charge in [0, 0.05) is 36.0 Å². The first-order valence-corrected chi connectivity index (χ1v) is 11.2. The molecule has 0 fully saturated rings. The van der Waals surface area contributed by atoms with Gasteiger partial charge in [0.25, 0.3) is 5.91 Å². The first kappa shape index (κ1) is 23.9. The molecule has 3 aromatic rings. The Kier molecular flexibility index (Phi) is 7.40. The van der Waals surface area contributed by atoms with E-state index in [4.69, 9.17) is 18.9 Å². The highest BCUT2D eigenvalue weighted by molar-refractivity contribution is 5.85. The molecule has 1 N–H and O–H groups in total. The lowest BCUT2D eigenvalue weighted by Crippen LogP contribution is -2.37. The van der Waals surface area contributed by atoms with E-state index >= 15 is 0 Å². The zero-order valence-corrected chi connectivity index (χ0v) is 19.9. The van der Waals surface area contributed by atoms with Crippen molar-refractivity contribution >= 4 is 17.7 Å². The SMILES string of the molecule is COc1ccc(CN2Cc3cc(NC(=O)OCc4ccccc4)ccc3O[C@H](C)C2=O)c(OC)c1. The van der Waals surface area contributed by atoms with Crippen molar-refractivity contribution in [2.45, 2.75) is 32.7 Å². The molecule has 1 aliphatic rings. The lowest BCUT2D eigenvalue weighted by molar-refractivity contribution is -0.138. The number of ether oxygens (including phenoxy) is 4. The molecule has 0 spiro atoms. The average Bonchev–Trinajstić information content (AvgIpc) is 2.99. The van der Waals surface area contributed by atoms with Crippen molar-refractivity contribution in [3.63, 3.8) is 0 Å². The summed E-state index contributed by atoms with van der Waals surface area (Å²) >= 11 is 0. The number of nitrogens with zero attached hydrogens (tertiary/aromatic N) is 1. The van der Waals surface area contributed by atoms with Gasteiger partial charge in [-0.25, -0.2) is 4.79 Å². The van der Waals surface area contributed by atoms with Crippen molar-refractivity contribution in [1.29, 1.82) is 0 Å². The molecule has 0 aromatic heterocycles. The minimum absolute atomic E-state index is 0.143. The Hall–Kier alpha value is -4.20. The Morgan fingerprint density at radius 2 is 1.86 bits per heavy atom. The van der Waals surface area contributed by atoms with Crippen LogP contribution in [0.2, 0.25) is 0 Å². The molecule has 1 atom stereocenters. The van der Waals surface area contributed by atoms with Gasteiger partial charge < -0.3 is 23.8 Å². The van der Waals surface area contributed by atoms with Gasteiger partial charge in [0.15, 0.2) is 6.10 Å². The van der Waals surface area contributed by atoms with Gasteiger partial charge in [-0.2, -0.15) is 0 Å². The maximum absolute atomic E-state index is 13.1. The summed E-state index contributed by atoms with van der Waals surface area (Å²) in [7, 11) is 3.17. The van der Waals surface area contributed by atoms with E-state index in [0.717, 1.165) is 16.7 Å². The van der Waals surface area contributed by atoms with Crippen LogP contribution in [-0.2, 0) is 29.2 Å². The van der Waals surface area contributed by atoms with Crippen molar-refractivity contribution in [2.24, 2.45) is 0 Å². The Bertz CT molecular complexity index is 1200. The number of hydrogen-bond acceptors (Lipinski definition) is 6. The third-order valence-electron chi connectivity index (χ3n) is 5.70. The summed E-state index contributed by atoms with van der Waals surface area (Å²) in [6.45, 7) is 2.53. The number of hydrogen-bond donors (Lipinski definition) is 1. The number of amides is 2. The summed E-state index contributed by atoms with van der Waals surface area (Å²) in [6, 6.07) is 20.2. The summed E-state index contributed by atoms with van der Waals surface area (Å²) in [5.74, 6) is 1.76. The molecule has 0 radical (unpaired) electrons. The van der Waals surface area contributed by atoms with Crippen LogP contribution in [-0.4, -0.2) is 37.2 Å². The van der Waals surface area contributed by atoms with Gasteiger partial charge >= 0.3 is 6.09 Å². The molecule has 0 saturated heterocycles. The standard InChI is InChI=1S/C27H28N2O6/c1-18-26(30)29(15-20-9-11-23(32-2)14-25(20)33-3)16-21-13-22(10-12-24(21)35-18)28-27(31)34-17-19-7-5-4-6-8-19/h4-14,18H,15-17H2,1-3H3,(H,28,31)/t18-/m1/s1. The molecule has 8 heteroatoms. The van der Waals surface area contributed by atoms with E-state index in [-0.39, 0.29) is 12.5 Å². The van der Waals surface area contributed by atoms with Crippen LogP contribution in [0.3, 0.4) is 0 Å². The van der Waals surface area contributed by atoms with Gasteiger partial charge in [-0.3, -0.25) is 10.1 Å². The quantitative estimate of drug-likeness (QED) is 0.529. The van der Waals surface area contributed by atoms with E-state index in [9.17, 15) is 9.59 Å². The summed E-state index contributed by atoms with van der Waals surface area (Å²) in [4.78, 5) is 27.1. The Balaban J connectivity index is 1.49. The molecule has 0 unspecified atom stereocenters. The molecule has 0 bridgehead atoms. The minimum atomic E-state index is -0.657. The van der Waals surface area contributed by atoms with Crippen LogP contribution < -0.4 is 19.5 Å². The highest BCUT2D eigenvalue weighted by Crippen LogP contribution is 2.31. The second-order valence-corrected chi connectivity index (χ2v) is 8.14. The number of carbonyl (C=O) groups is 2. The van der Waals surface area contributed by atoms with Crippen LogP contribution in [0.15, 0.2) is 66.7 Å². The molecule has 35 heavy (non-hydrogen) atoms. The second kappa shape index (κ2) is 10.8. The molecule has 0 aliphatic carbocycles. The number of methoxy groups -OCH3 is 2. The third-order valence-corrected chi connectivity index (χ3v) is 5.70. The molecule has 2 amide bonds. The van der Waals surface area contributed by atoms with Crippen molar-refractivity contribution in [1.82, 2.24) is 4.90 Å². The smallest absolute Gasteiger partial charge is 0.411 e. The Morgan fingerprint density at radius 1 is 1.06 bits per heavy atom. The maximum Gasteiger partial charge on any atom is 0.411 e. The molecule has 3 aromatic carbocycles. The van der Waals surface area contributed by atoms with Crippen molar-refractivity contribution in [2.75, 3.05) is 19.5 Å². The molecular formula is C27H28N2O6. The third kappa shape index (κ3) is 5.84. The van der Waals surface area contributed by atoms with E-state index < -0.39 is 12.2 Å². The topological polar surface area (TPSA) is 86.3 Å². The summed E-state index contributed by atoms with van der Waals surface area (Å²) in [6.07, 6.45) is -1.22. The predicted molar refractivity (Wildman–Crippen MR) is 131 cm³/mol. The van der Waals surface area contributed by atoms with E-state index in [1.54, 1.807) is 50.3 Å². The number of fused-ring (bicyclic) bond motifs is 1. The Labute approximate surface area is 204 Å². The van der Waals surface area contributed by atoms with Gasteiger partial charge in [0.05, 0.1) is 14.2 Å². The Morgan fingerprint density at radius 3 is 2.60 bits per heavy atom. The fourth-order valence-corrected chi connectivity index (χ4v) is 3.88. The van der Waals surface area contributed by atoms with Gasteiger partial charge in [-0.15, -0.1) is 0 Å². The molecule has 4 rings (SSSR count). The van der Waals surface area contributed by atoms with Crippen LogP contribution in [0.4, 0.5) is 10.5 Å². The number of carbonyl (C=O) groups excluding carboxylic acids is 2. The van der Waals surface area contributed by atoms with Crippen molar-refractivity contribution < 1.29 is 28.5 Å². The van der Waals surface area contributed by atoms with Gasteiger partial charge in [0.1, 0.15) is 23.9 Å².